The smallest absolute Gasteiger partial charge is 0.193 e. The number of rotatable bonds is 8. The van der Waals surface area contributed by atoms with E-state index in [0.717, 1.165) is 11.1 Å². The summed E-state index contributed by atoms with van der Waals surface area (Å²) in [7, 11) is 3.13. The Hall–Kier alpha value is -4.91. The molecule has 7 heteroatoms. The zero-order chi connectivity index (χ0) is 27.5. The summed E-state index contributed by atoms with van der Waals surface area (Å²) in [4.78, 5) is 13.3. The zero-order valence-corrected chi connectivity index (χ0v) is 21.5. The van der Waals surface area contributed by atoms with Crippen LogP contribution in [-0.4, -0.2) is 29.5 Å². The Kier molecular flexibility index (Phi) is 7.14. The van der Waals surface area contributed by atoms with Crippen molar-refractivity contribution in [1.82, 2.24) is 0 Å². The monoisotopic (exact) mass is 524 g/mol. The Morgan fingerprint density at radius 2 is 1.38 bits per heavy atom. The van der Waals surface area contributed by atoms with Crippen LogP contribution in [0.4, 0.5) is 0 Å². The summed E-state index contributed by atoms with van der Waals surface area (Å²) in [5.41, 5.74) is 3.36. The molecule has 3 N–H and O–H groups in total. The van der Waals surface area contributed by atoms with Gasteiger partial charge in [0.1, 0.15) is 40.1 Å². The molecule has 5 rings (SSSR count). The number of aryl methyl sites for hydroxylation is 1. The highest BCUT2D eigenvalue weighted by molar-refractivity contribution is 5.85. The third-order valence-electron chi connectivity index (χ3n) is 6.88. The molecule has 1 unspecified atom stereocenters. The molecule has 1 atom stereocenters. The van der Waals surface area contributed by atoms with E-state index in [1.54, 1.807) is 62.8 Å². The van der Waals surface area contributed by atoms with Gasteiger partial charge in [0.2, 0.25) is 0 Å². The minimum absolute atomic E-state index is 0.112. The van der Waals surface area contributed by atoms with Gasteiger partial charge in [-0.2, -0.15) is 0 Å². The maximum atomic E-state index is 13.3. The lowest BCUT2D eigenvalue weighted by atomic mass is 9.84. The zero-order valence-electron chi connectivity index (χ0n) is 21.5. The summed E-state index contributed by atoms with van der Waals surface area (Å²) in [6.07, 6.45) is 1.16. The largest absolute Gasteiger partial charge is 0.508 e. The number of benzene rings is 4. The van der Waals surface area contributed by atoms with Crippen LogP contribution in [0.5, 0.6) is 28.7 Å². The lowest BCUT2D eigenvalue weighted by molar-refractivity contribution is 0.400. The first kappa shape index (κ1) is 25.7. The van der Waals surface area contributed by atoms with Crippen molar-refractivity contribution in [1.29, 1.82) is 0 Å². The average molecular weight is 525 g/mol. The van der Waals surface area contributed by atoms with Crippen molar-refractivity contribution in [3.8, 4) is 40.1 Å². The number of fused-ring (bicyclic) bond motifs is 1. The fourth-order valence-corrected chi connectivity index (χ4v) is 4.92. The molecule has 39 heavy (non-hydrogen) atoms. The van der Waals surface area contributed by atoms with E-state index in [4.69, 9.17) is 13.9 Å². The van der Waals surface area contributed by atoms with Gasteiger partial charge in [-0.05, 0) is 78.6 Å². The third-order valence-corrected chi connectivity index (χ3v) is 6.88. The fraction of sp³-hybridized carbons (Fsp3) is 0.156. The number of aromatic hydroxyl groups is 3. The number of phenolic OH excluding ortho intramolecular Hbond substituents is 3. The molecule has 0 radical (unpaired) electrons. The molecular weight excluding hydrogens is 496 g/mol. The van der Waals surface area contributed by atoms with Crippen LogP contribution >= 0.6 is 0 Å². The number of phenols is 3. The number of methoxy groups -OCH3 is 2. The van der Waals surface area contributed by atoms with E-state index in [2.05, 4.69) is 0 Å². The summed E-state index contributed by atoms with van der Waals surface area (Å²) in [5, 5.41) is 30.0. The van der Waals surface area contributed by atoms with Gasteiger partial charge < -0.3 is 29.2 Å². The summed E-state index contributed by atoms with van der Waals surface area (Å²) in [6, 6.07) is 23.3. The van der Waals surface area contributed by atoms with Crippen molar-refractivity contribution in [3.63, 3.8) is 0 Å². The van der Waals surface area contributed by atoms with Crippen LogP contribution in [0.3, 0.4) is 0 Å². The number of hydrogen-bond acceptors (Lipinski definition) is 7. The minimum atomic E-state index is -0.291. The molecule has 0 aliphatic carbocycles. The fourth-order valence-electron chi connectivity index (χ4n) is 4.92. The van der Waals surface area contributed by atoms with Gasteiger partial charge in [0, 0.05) is 29.2 Å². The van der Waals surface area contributed by atoms with Crippen molar-refractivity contribution in [3.05, 3.63) is 112 Å². The van der Waals surface area contributed by atoms with Crippen molar-refractivity contribution >= 4 is 11.0 Å². The Balaban J connectivity index is 1.70. The van der Waals surface area contributed by atoms with Gasteiger partial charge in [0.05, 0.1) is 19.6 Å². The van der Waals surface area contributed by atoms with Gasteiger partial charge in [-0.1, -0.05) is 18.2 Å². The van der Waals surface area contributed by atoms with Gasteiger partial charge in [0.25, 0.3) is 0 Å². The van der Waals surface area contributed by atoms with E-state index in [0.29, 0.717) is 52.2 Å². The SMILES string of the molecule is COc1cc(O)ccc1CCC(c1ccc(O)cc1)c1c(OC)ccc2c(=O)cc(-c3ccc(O)cc3)oc12. The van der Waals surface area contributed by atoms with Crippen molar-refractivity contribution in [2.75, 3.05) is 14.2 Å². The summed E-state index contributed by atoms with van der Waals surface area (Å²) in [6.45, 7) is 0. The highest BCUT2D eigenvalue weighted by atomic mass is 16.5. The van der Waals surface area contributed by atoms with Crippen molar-refractivity contribution < 1.29 is 29.2 Å². The van der Waals surface area contributed by atoms with E-state index < -0.39 is 0 Å². The lowest BCUT2D eigenvalue weighted by Crippen LogP contribution is -2.09. The molecule has 1 aromatic heterocycles. The van der Waals surface area contributed by atoms with Gasteiger partial charge in [-0.25, -0.2) is 0 Å². The van der Waals surface area contributed by atoms with Gasteiger partial charge in [0.15, 0.2) is 5.43 Å². The molecule has 198 valence electrons. The van der Waals surface area contributed by atoms with Crippen LogP contribution in [0.2, 0.25) is 0 Å². The van der Waals surface area contributed by atoms with E-state index in [1.165, 1.54) is 18.2 Å². The molecule has 0 bridgehead atoms. The highest BCUT2D eigenvalue weighted by Gasteiger charge is 2.25. The van der Waals surface area contributed by atoms with Gasteiger partial charge in [-0.3, -0.25) is 4.79 Å². The molecule has 0 spiro atoms. The third kappa shape index (κ3) is 5.25. The molecule has 7 nitrogen and oxygen atoms in total. The standard InChI is InChI=1S/C32H28O7/c1-37-28-16-15-26-27(36)18-30(21-5-11-23(34)12-6-21)39-32(26)31(28)25(19-3-9-22(33)10-4-19)14-8-20-7-13-24(35)17-29(20)38-2/h3-7,9-13,15-18,25,33-35H,8,14H2,1-2H3. The lowest BCUT2D eigenvalue weighted by Gasteiger charge is -2.22. The van der Waals surface area contributed by atoms with Gasteiger partial charge in [-0.15, -0.1) is 0 Å². The normalized spacial score (nSPS) is 11.8. The topological polar surface area (TPSA) is 109 Å². The molecule has 0 aliphatic heterocycles. The first-order valence-electron chi connectivity index (χ1n) is 12.5. The highest BCUT2D eigenvalue weighted by Crippen LogP contribution is 2.41. The van der Waals surface area contributed by atoms with Crippen LogP contribution in [-0.2, 0) is 6.42 Å². The second kappa shape index (κ2) is 10.8. The Morgan fingerprint density at radius 1 is 0.744 bits per heavy atom. The molecule has 0 amide bonds. The van der Waals surface area contributed by atoms with Crippen LogP contribution < -0.4 is 14.9 Å². The van der Waals surface area contributed by atoms with E-state index in [9.17, 15) is 20.1 Å². The number of ether oxygens (including phenoxy) is 2. The first-order chi connectivity index (χ1) is 18.9. The quantitative estimate of drug-likeness (QED) is 0.217. The summed E-state index contributed by atoms with van der Waals surface area (Å²) >= 11 is 0. The molecule has 0 saturated carbocycles. The maximum absolute atomic E-state index is 13.3. The second-order valence-electron chi connectivity index (χ2n) is 9.26. The molecule has 4 aromatic carbocycles. The number of hydrogen-bond donors (Lipinski definition) is 3. The van der Waals surface area contributed by atoms with E-state index in [1.807, 2.05) is 18.2 Å². The Morgan fingerprint density at radius 3 is 2.05 bits per heavy atom. The van der Waals surface area contributed by atoms with Gasteiger partial charge >= 0.3 is 0 Å². The Bertz CT molecular complexity index is 1670. The first-order valence-corrected chi connectivity index (χ1v) is 12.5. The molecule has 0 fully saturated rings. The predicted molar refractivity (Wildman–Crippen MR) is 149 cm³/mol. The van der Waals surface area contributed by atoms with Crippen LogP contribution in [0, 0.1) is 0 Å². The molecule has 0 aliphatic rings. The minimum Gasteiger partial charge on any atom is -0.508 e. The van der Waals surface area contributed by atoms with Crippen molar-refractivity contribution in [2.45, 2.75) is 18.8 Å². The molecule has 0 saturated heterocycles. The van der Waals surface area contributed by atoms with Crippen LogP contribution in [0.25, 0.3) is 22.3 Å². The molecule has 1 heterocycles. The van der Waals surface area contributed by atoms with Crippen molar-refractivity contribution in [2.24, 2.45) is 0 Å². The maximum Gasteiger partial charge on any atom is 0.193 e. The van der Waals surface area contributed by atoms with Crippen LogP contribution in [0.1, 0.15) is 29.0 Å². The molecule has 5 aromatic rings. The summed E-state index contributed by atoms with van der Waals surface area (Å²) < 4.78 is 17.7. The van der Waals surface area contributed by atoms with E-state index >= 15 is 0 Å². The summed E-state index contributed by atoms with van der Waals surface area (Å²) in [5.74, 6) is 1.58. The Labute approximate surface area is 225 Å². The van der Waals surface area contributed by atoms with Crippen LogP contribution in [0.15, 0.2) is 94.1 Å². The predicted octanol–water partition coefficient (Wildman–Crippen LogP) is 6.36. The molecular formula is C32H28O7. The second-order valence-corrected chi connectivity index (χ2v) is 9.26. The average Bonchev–Trinajstić information content (AvgIpc) is 2.94. The van der Waals surface area contributed by atoms with E-state index in [-0.39, 0.29) is 28.6 Å².